The quantitative estimate of drug-likeness (QED) is 0.735. The van der Waals surface area contributed by atoms with E-state index >= 15 is 0 Å². The van der Waals surface area contributed by atoms with Gasteiger partial charge in [0, 0.05) is 6.54 Å². The van der Waals surface area contributed by atoms with E-state index in [9.17, 15) is 9.90 Å². The van der Waals surface area contributed by atoms with Crippen LogP contribution >= 0.6 is 0 Å². The zero-order valence-corrected chi connectivity index (χ0v) is 11.8. The van der Waals surface area contributed by atoms with Crippen molar-refractivity contribution >= 4 is 11.6 Å². The molecule has 20 heavy (non-hydrogen) atoms. The first-order chi connectivity index (χ1) is 9.70. The highest BCUT2D eigenvalue weighted by Crippen LogP contribution is 2.25. The molecule has 2 atom stereocenters. The van der Waals surface area contributed by atoms with Crippen molar-refractivity contribution in [2.75, 3.05) is 25.5 Å². The van der Waals surface area contributed by atoms with Crippen LogP contribution in [0.15, 0.2) is 24.3 Å². The molecule has 0 aliphatic heterocycles. The van der Waals surface area contributed by atoms with Crippen LogP contribution in [0.25, 0.3) is 0 Å². The minimum absolute atomic E-state index is 0.109. The molecule has 1 aliphatic carbocycles. The standard InChI is InChI=1S/C15H22N2O3/c1-20-14-8-3-2-6-12(14)17-15(19)10-16-9-11-5-4-7-13(11)18/h2-3,6,8,11,13,16,18H,4-5,7,9-10H2,1H3,(H,17,19). The molecule has 0 aromatic heterocycles. The number of nitrogens with one attached hydrogen (secondary N) is 2. The van der Waals surface area contributed by atoms with E-state index in [1.807, 2.05) is 12.1 Å². The molecule has 0 radical (unpaired) electrons. The van der Waals surface area contributed by atoms with Crippen LogP contribution in [0.3, 0.4) is 0 Å². The molecule has 2 unspecified atom stereocenters. The van der Waals surface area contributed by atoms with Crippen LogP contribution in [-0.4, -0.2) is 37.3 Å². The molecule has 0 spiro atoms. The lowest BCUT2D eigenvalue weighted by molar-refractivity contribution is -0.115. The molecule has 1 aromatic rings. The minimum atomic E-state index is -0.222. The Balaban J connectivity index is 1.75. The van der Waals surface area contributed by atoms with Crippen molar-refractivity contribution in [1.29, 1.82) is 0 Å². The maximum Gasteiger partial charge on any atom is 0.238 e. The lowest BCUT2D eigenvalue weighted by Crippen LogP contribution is -2.34. The van der Waals surface area contributed by atoms with Crippen molar-refractivity contribution in [3.8, 4) is 5.75 Å². The third-order valence-electron chi connectivity index (χ3n) is 3.69. The number of methoxy groups -OCH3 is 1. The van der Waals surface area contributed by atoms with Crippen LogP contribution in [0.1, 0.15) is 19.3 Å². The van der Waals surface area contributed by atoms with Crippen LogP contribution in [0.2, 0.25) is 0 Å². The fourth-order valence-corrected chi connectivity index (χ4v) is 2.57. The molecule has 0 saturated heterocycles. The van der Waals surface area contributed by atoms with Crippen molar-refractivity contribution in [2.24, 2.45) is 5.92 Å². The largest absolute Gasteiger partial charge is 0.495 e. The molecule has 0 heterocycles. The molecule has 1 aliphatic rings. The van der Waals surface area contributed by atoms with Crippen molar-refractivity contribution < 1.29 is 14.6 Å². The van der Waals surface area contributed by atoms with E-state index < -0.39 is 0 Å². The number of hydrogen-bond acceptors (Lipinski definition) is 4. The van der Waals surface area contributed by atoms with E-state index in [1.54, 1.807) is 19.2 Å². The fourth-order valence-electron chi connectivity index (χ4n) is 2.57. The van der Waals surface area contributed by atoms with Crippen molar-refractivity contribution in [1.82, 2.24) is 5.32 Å². The van der Waals surface area contributed by atoms with E-state index in [-0.39, 0.29) is 24.5 Å². The summed E-state index contributed by atoms with van der Waals surface area (Å²) in [5, 5.41) is 15.6. The third kappa shape index (κ3) is 3.95. The molecule has 3 N–H and O–H groups in total. The topological polar surface area (TPSA) is 70.6 Å². The average Bonchev–Trinajstić information content (AvgIpc) is 2.85. The predicted octanol–water partition coefficient (Wildman–Crippen LogP) is 1.38. The lowest BCUT2D eigenvalue weighted by Gasteiger charge is -2.15. The second-order valence-corrected chi connectivity index (χ2v) is 5.14. The van der Waals surface area contributed by atoms with Gasteiger partial charge < -0.3 is 20.5 Å². The summed E-state index contributed by atoms with van der Waals surface area (Å²) >= 11 is 0. The highest BCUT2D eigenvalue weighted by atomic mass is 16.5. The summed E-state index contributed by atoms with van der Waals surface area (Å²) in [7, 11) is 1.57. The molecule has 1 amide bonds. The maximum absolute atomic E-state index is 11.8. The molecule has 110 valence electrons. The smallest absolute Gasteiger partial charge is 0.238 e. The Bertz CT molecular complexity index is 450. The van der Waals surface area contributed by atoms with Crippen molar-refractivity contribution in [2.45, 2.75) is 25.4 Å². The van der Waals surface area contributed by atoms with Gasteiger partial charge in [-0.3, -0.25) is 4.79 Å². The zero-order chi connectivity index (χ0) is 14.4. The molecule has 1 fully saturated rings. The Morgan fingerprint density at radius 2 is 2.20 bits per heavy atom. The van der Waals surface area contributed by atoms with Gasteiger partial charge in [0.25, 0.3) is 0 Å². The summed E-state index contributed by atoms with van der Waals surface area (Å²) in [5.74, 6) is 0.808. The molecular formula is C15H22N2O3. The number of benzene rings is 1. The highest BCUT2D eigenvalue weighted by molar-refractivity contribution is 5.93. The van der Waals surface area contributed by atoms with E-state index in [2.05, 4.69) is 10.6 Å². The predicted molar refractivity (Wildman–Crippen MR) is 77.8 cm³/mol. The van der Waals surface area contributed by atoms with Gasteiger partial charge in [0.05, 0.1) is 25.4 Å². The monoisotopic (exact) mass is 278 g/mol. The minimum Gasteiger partial charge on any atom is -0.495 e. The Morgan fingerprint density at radius 3 is 2.90 bits per heavy atom. The SMILES string of the molecule is COc1ccccc1NC(=O)CNCC1CCCC1O. The molecule has 5 nitrogen and oxygen atoms in total. The molecule has 5 heteroatoms. The summed E-state index contributed by atoms with van der Waals surface area (Å²) in [6.45, 7) is 0.918. The number of para-hydroxylation sites is 2. The van der Waals surface area contributed by atoms with Gasteiger partial charge in [-0.15, -0.1) is 0 Å². The Labute approximate surface area is 119 Å². The van der Waals surface area contributed by atoms with Gasteiger partial charge in [-0.25, -0.2) is 0 Å². The van der Waals surface area contributed by atoms with Gasteiger partial charge in [0.2, 0.25) is 5.91 Å². The van der Waals surface area contributed by atoms with Gasteiger partial charge >= 0.3 is 0 Å². The molecular weight excluding hydrogens is 256 g/mol. The van der Waals surface area contributed by atoms with Crippen LogP contribution < -0.4 is 15.4 Å². The number of carbonyl (C=O) groups excluding carboxylic acids is 1. The van der Waals surface area contributed by atoms with Crippen LogP contribution in [0.5, 0.6) is 5.75 Å². The highest BCUT2D eigenvalue weighted by Gasteiger charge is 2.24. The summed E-state index contributed by atoms with van der Waals surface area (Å²) in [6, 6.07) is 7.31. The van der Waals surface area contributed by atoms with Gasteiger partial charge in [0.1, 0.15) is 5.75 Å². The number of carbonyl (C=O) groups is 1. The second kappa shape index (κ2) is 7.26. The summed E-state index contributed by atoms with van der Waals surface area (Å²) < 4.78 is 5.18. The van der Waals surface area contributed by atoms with Gasteiger partial charge in [-0.05, 0) is 30.9 Å². The lowest BCUT2D eigenvalue weighted by atomic mass is 10.1. The number of amides is 1. The fraction of sp³-hybridized carbons (Fsp3) is 0.533. The summed E-state index contributed by atoms with van der Waals surface area (Å²) in [5.41, 5.74) is 0.669. The Morgan fingerprint density at radius 1 is 1.40 bits per heavy atom. The first kappa shape index (κ1) is 14.8. The Hall–Kier alpha value is -1.59. The zero-order valence-electron chi connectivity index (χ0n) is 11.8. The molecule has 0 bridgehead atoms. The number of anilines is 1. The van der Waals surface area contributed by atoms with E-state index in [0.29, 0.717) is 18.0 Å². The van der Waals surface area contributed by atoms with E-state index in [1.165, 1.54) is 0 Å². The van der Waals surface area contributed by atoms with E-state index in [0.717, 1.165) is 19.3 Å². The van der Waals surface area contributed by atoms with Crippen LogP contribution in [0.4, 0.5) is 5.69 Å². The van der Waals surface area contributed by atoms with Crippen molar-refractivity contribution in [3.63, 3.8) is 0 Å². The summed E-state index contributed by atoms with van der Waals surface area (Å²) in [6.07, 6.45) is 2.75. The first-order valence-electron chi connectivity index (χ1n) is 7.02. The number of ether oxygens (including phenoxy) is 1. The Kier molecular flexibility index (Phi) is 5.38. The second-order valence-electron chi connectivity index (χ2n) is 5.14. The molecule has 1 saturated carbocycles. The normalized spacial score (nSPS) is 21.7. The number of aliphatic hydroxyl groups excluding tert-OH is 1. The van der Waals surface area contributed by atoms with Gasteiger partial charge in [0.15, 0.2) is 0 Å². The van der Waals surface area contributed by atoms with Crippen LogP contribution in [-0.2, 0) is 4.79 Å². The first-order valence-corrected chi connectivity index (χ1v) is 7.02. The average molecular weight is 278 g/mol. The molecule has 2 rings (SSSR count). The van der Waals surface area contributed by atoms with E-state index in [4.69, 9.17) is 4.74 Å². The molecule has 1 aromatic carbocycles. The van der Waals surface area contributed by atoms with Gasteiger partial charge in [-0.1, -0.05) is 18.6 Å². The van der Waals surface area contributed by atoms with Gasteiger partial charge in [-0.2, -0.15) is 0 Å². The number of aliphatic hydroxyl groups is 1. The summed E-state index contributed by atoms with van der Waals surface area (Å²) in [4.78, 5) is 11.8. The number of hydrogen-bond donors (Lipinski definition) is 3. The maximum atomic E-state index is 11.8. The third-order valence-corrected chi connectivity index (χ3v) is 3.69. The van der Waals surface area contributed by atoms with Crippen LogP contribution in [0, 0.1) is 5.92 Å². The van der Waals surface area contributed by atoms with Crippen molar-refractivity contribution in [3.05, 3.63) is 24.3 Å². The number of rotatable bonds is 6.